The van der Waals surface area contributed by atoms with Gasteiger partial charge in [0.05, 0.1) is 6.10 Å². The Labute approximate surface area is 174 Å². The maximum Gasteiger partial charge on any atom is 0.200 e. The van der Waals surface area contributed by atoms with Crippen molar-refractivity contribution in [1.29, 1.82) is 0 Å². The van der Waals surface area contributed by atoms with E-state index in [1.807, 2.05) is 0 Å². The van der Waals surface area contributed by atoms with Gasteiger partial charge in [-0.15, -0.1) is 0 Å². The van der Waals surface area contributed by atoms with E-state index in [0.717, 1.165) is 12.2 Å². The van der Waals surface area contributed by atoms with Gasteiger partial charge in [-0.2, -0.15) is 0 Å². The zero-order valence-electron chi connectivity index (χ0n) is 19.5. The molecule has 0 saturated heterocycles. The number of rotatable bonds is 8. The van der Waals surface area contributed by atoms with E-state index < -0.39 is 0 Å². The van der Waals surface area contributed by atoms with Crippen LogP contribution in [0.1, 0.15) is 111 Å². The van der Waals surface area contributed by atoms with Crippen molar-refractivity contribution in [2.24, 2.45) is 10.8 Å². The molecule has 0 amide bonds. The molecule has 2 unspecified atom stereocenters. The molecule has 28 heavy (non-hydrogen) atoms. The zero-order chi connectivity index (χ0) is 20.8. The lowest BCUT2D eigenvalue weighted by Crippen LogP contribution is -2.32. The van der Waals surface area contributed by atoms with Gasteiger partial charge in [-0.3, -0.25) is 0 Å². The summed E-state index contributed by atoms with van der Waals surface area (Å²) in [5.41, 5.74) is 1.87. The predicted octanol–water partition coefficient (Wildman–Crippen LogP) is 8.11. The number of benzene rings is 1. The Hall–Kier alpha value is -1.02. The molecule has 0 N–H and O–H groups in total. The number of hydrogen-bond donors (Lipinski definition) is 0. The molecule has 0 bridgehead atoms. The average molecular weight is 389 g/mol. The second kappa shape index (κ2) is 10.1. The van der Waals surface area contributed by atoms with Gasteiger partial charge < -0.3 is 9.47 Å². The monoisotopic (exact) mass is 388 g/mol. The lowest BCUT2D eigenvalue weighted by atomic mass is 9.74. The number of ether oxygens (including phenoxy) is 2. The first-order valence-electron chi connectivity index (χ1n) is 11.5. The van der Waals surface area contributed by atoms with Crippen LogP contribution in [0.3, 0.4) is 0 Å². The molecule has 0 spiro atoms. The highest BCUT2D eigenvalue weighted by Crippen LogP contribution is 2.39. The molecule has 160 valence electrons. The van der Waals surface area contributed by atoms with Crippen LogP contribution in [0.25, 0.3) is 0 Å². The van der Waals surface area contributed by atoms with E-state index in [0.29, 0.717) is 12.0 Å². The van der Waals surface area contributed by atoms with Gasteiger partial charge in [0, 0.05) is 6.42 Å². The second-order valence-corrected chi connectivity index (χ2v) is 11.0. The molecule has 1 aromatic rings. The van der Waals surface area contributed by atoms with Gasteiger partial charge in [0.15, 0.2) is 0 Å². The minimum Gasteiger partial charge on any atom is -0.465 e. The van der Waals surface area contributed by atoms with E-state index >= 15 is 0 Å². The average Bonchev–Trinajstić information content (AvgIpc) is 2.59. The van der Waals surface area contributed by atoms with Gasteiger partial charge in [-0.25, -0.2) is 0 Å². The van der Waals surface area contributed by atoms with Crippen LogP contribution in [-0.4, -0.2) is 12.4 Å². The van der Waals surface area contributed by atoms with Crippen molar-refractivity contribution in [3.63, 3.8) is 0 Å². The highest BCUT2D eigenvalue weighted by molar-refractivity contribution is 5.30. The lowest BCUT2D eigenvalue weighted by molar-refractivity contribution is -0.142. The molecule has 0 aliphatic heterocycles. The topological polar surface area (TPSA) is 18.5 Å². The minimum absolute atomic E-state index is 0.164. The van der Waals surface area contributed by atoms with Crippen LogP contribution in [-0.2, 0) is 4.74 Å². The van der Waals surface area contributed by atoms with E-state index in [-0.39, 0.29) is 17.1 Å². The number of hydrogen-bond acceptors (Lipinski definition) is 2. The SMILES string of the molecule is CCCC(c1ccc(OC(CC(C)(C)C)OC2CCCCC2)cc1)C(C)(C)C. The lowest BCUT2D eigenvalue weighted by Gasteiger charge is -2.32. The molecule has 2 rings (SSSR count). The van der Waals surface area contributed by atoms with E-state index in [2.05, 4.69) is 72.7 Å². The zero-order valence-corrected chi connectivity index (χ0v) is 19.5. The van der Waals surface area contributed by atoms with Gasteiger partial charge >= 0.3 is 0 Å². The Bertz CT molecular complexity index is 556. The second-order valence-electron chi connectivity index (χ2n) is 11.0. The molecule has 0 aromatic heterocycles. The van der Waals surface area contributed by atoms with Crippen LogP contribution in [0.4, 0.5) is 0 Å². The van der Waals surface area contributed by atoms with Crippen molar-refractivity contribution in [3.8, 4) is 5.75 Å². The Kier molecular flexibility index (Phi) is 8.43. The predicted molar refractivity (Wildman–Crippen MR) is 120 cm³/mol. The highest BCUT2D eigenvalue weighted by Gasteiger charge is 2.27. The fourth-order valence-electron chi connectivity index (χ4n) is 4.35. The third kappa shape index (κ3) is 7.78. The molecule has 1 aliphatic rings. The summed E-state index contributed by atoms with van der Waals surface area (Å²) in [4.78, 5) is 0. The summed E-state index contributed by atoms with van der Waals surface area (Å²) >= 11 is 0. The van der Waals surface area contributed by atoms with Crippen molar-refractivity contribution in [3.05, 3.63) is 29.8 Å². The van der Waals surface area contributed by atoms with Gasteiger partial charge in [-0.05, 0) is 53.7 Å². The van der Waals surface area contributed by atoms with Crippen molar-refractivity contribution >= 4 is 0 Å². The minimum atomic E-state index is -0.164. The van der Waals surface area contributed by atoms with Crippen molar-refractivity contribution < 1.29 is 9.47 Å². The summed E-state index contributed by atoms with van der Waals surface area (Å²) in [5, 5.41) is 0. The summed E-state index contributed by atoms with van der Waals surface area (Å²) in [5.74, 6) is 1.51. The highest BCUT2D eigenvalue weighted by atomic mass is 16.7. The molecule has 0 heterocycles. The first kappa shape index (κ1) is 23.3. The van der Waals surface area contributed by atoms with Crippen LogP contribution in [0.2, 0.25) is 0 Å². The quantitative estimate of drug-likeness (QED) is 0.419. The van der Waals surface area contributed by atoms with Gasteiger partial charge in [0.2, 0.25) is 6.29 Å². The Morgan fingerprint density at radius 3 is 2.04 bits per heavy atom. The van der Waals surface area contributed by atoms with Crippen LogP contribution < -0.4 is 4.74 Å². The third-order valence-electron chi connectivity index (χ3n) is 5.85. The van der Waals surface area contributed by atoms with E-state index in [1.54, 1.807) is 0 Å². The molecule has 2 heteroatoms. The Morgan fingerprint density at radius 1 is 0.929 bits per heavy atom. The molecule has 1 fully saturated rings. The van der Waals surface area contributed by atoms with Crippen molar-refractivity contribution in [1.82, 2.24) is 0 Å². The fourth-order valence-corrected chi connectivity index (χ4v) is 4.35. The molecule has 1 aromatic carbocycles. The molecule has 1 saturated carbocycles. The normalized spacial score (nSPS) is 18.7. The summed E-state index contributed by atoms with van der Waals surface area (Å²) in [6, 6.07) is 8.80. The summed E-state index contributed by atoms with van der Waals surface area (Å²) in [6.07, 6.45) is 9.80. The molecule has 0 radical (unpaired) electrons. The first-order chi connectivity index (χ1) is 13.1. The van der Waals surface area contributed by atoms with Gasteiger partial charge in [-0.1, -0.05) is 86.3 Å². The summed E-state index contributed by atoms with van der Waals surface area (Å²) in [7, 11) is 0. The smallest absolute Gasteiger partial charge is 0.200 e. The van der Waals surface area contributed by atoms with E-state index in [4.69, 9.17) is 9.47 Å². The summed E-state index contributed by atoms with van der Waals surface area (Å²) < 4.78 is 12.8. The van der Waals surface area contributed by atoms with E-state index in [1.165, 1.54) is 50.5 Å². The van der Waals surface area contributed by atoms with Gasteiger partial charge in [0.1, 0.15) is 5.75 Å². The van der Waals surface area contributed by atoms with Crippen molar-refractivity contribution in [2.45, 2.75) is 118 Å². The van der Waals surface area contributed by atoms with Crippen LogP contribution in [0.15, 0.2) is 24.3 Å². The first-order valence-corrected chi connectivity index (χ1v) is 11.5. The third-order valence-corrected chi connectivity index (χ3v) is 5.85. The molecular weight excluding hydrogens is 344 g/mol. The molecular formula is C26H44O2. The molecule has 1 aliphatic carbocycles. The summed E-state index contributed by atoms with van der Waals surface area (Å²) in [6.45, 7) is 16.1. The fraction of sp³-hybridized carbons (Fsp3) is 0.769. The van der Waals surface area contributed by atoms with Crippen LogP contribution in [0.5, 0.6) is 5.75 Å². The van der Waals surface area contributed by atoms with E-state index in [9.17, 15) is 0 Å². The maximum absolute atomic E-state index is 6.42. The molecule has 2 atom stereocenters. The Morgan fingerprint density at radius 2 is 1.54 bits per heavy atom. The van der Waals surface area contributed by atoms with Gasteiger partial charge in [0.25, 0.3) is 0 Å². The molecule has 2 nitrogen and oxygen atoms in total. The van der Waals surface area contributed by atoms with Crippen LogP contribution in [0, 0.1) is 10.8 Å². The van der Waals surface area contributed by atoms with Crippen LogP contribution >= 0.6 is 0 Å². The van der Waals surface area contributed by atoms with Crippen molar-refractivity contribution in [2.75, 3.05) is 0 Å². The standard InChI is InChI=1S/C26H44O2/c1-8-12-23(26(5,6)7)20-15-17-22(18-16-20)28-24(19-25(2,3)4)27-21-13-10-9-11-14-21/h15-18,21,23-24H,8-14,19H2,1-7H3. The Balaban J connectivity index is 2.08. The largest absolute Gasteiger partial charge is 0.465 e. The maximum atomic E-state index is 6.42.